The lowest BCUT2D eigenvalue weighted by atomic mass is 10.4. The van der Waals surface area contributed by atoms with Gasteiger partial charge in [-0.05, 0) is 25.3 Å². The fraction of sp³-hybridized carbons (Fsp3) is 0.714. The molecule has 1 aliphatic carbocycles. The molecule has 7 heteroatoms. The zero-order valence-corrected chi connectivity index (χ0v) is 14.2. The maximum atomic E-state index is 12.8. The SMILES string of the molecule is CCCn1cc(S(=O)(=O)N(CCOC)C2CC2)cc1CCl. The second-order valence-corrected chi connectivity index (χ2v) is 7.49. The van der Waals surface area contributed by atoms with Crippen molar-refractivity contribution in [1.29, 1.82) is 0 Å². The molecule has 1 aromatic heterocycles. The van der Waals surface area contributed by atoms with Gasteiger partial charge in [0.25, 0.3) is 0 Å². The van der Waals surface area contributed by atoms with E-state index in [9.17, 15) is 8.42 Å². The minimum Gasteiger partial charge on any atom is -0.383 e. The van der Waals surface area contributed by atoms with Crippen molar-refractivity contribution in [3.63, 3.8) is 0 Å². The Morgan fingerprint density at radius 3 is 2.71 bits per heavy atom. The smallest absolute Gasteiger partial charge is 0.244 e. The topological polar surface area (TPSA) is 51.5 Å². The van der Waals surface area contributed by atoms with Gasteiger partial charge in [0.05, 0.1) is 12.5 Å². The predicted molar refractivity (Wildman–Crippen MR) is 83.1 cm³/mol. The van der Waals surface area contributed by atoms with E-state index in [2.05, 4.69) is 6.92 Å². The van der Waals surface area contributed by atoms with E-state index in [1.807, 2.05) is 4.57 Å². The Bertz CT molecular complexity index is 567. The van der Waals surface area contributed by atoms with E-state index in [1.54, 1.807) is 23.7 Å². The van der Waals surface area contributed by atoms with E-state index in [-0.39, 0.29) is 6.04 Å². The molecule has 1 saturated carbocycles. The molecule has 1 fully saturated rings. The third kappa shape index (κ3) is 3.80. The lowest BCUT2D eigenvalue weighted by molar-refractivity contribution is 0.177. The summed E-state index contributed by atoms with van der Waals surface area (Å²) in [5.74, 6) is 0.316. The van der Waals surface area contributed by atoms with E-state index < -0.39 is 10.0 Å². The van der Waals surface area contributed by atoms with Gasteiger partial charge in [0.1, 0.15) is 4.90 Å². The normalized spacial score (nSPS) is 15.8. The standard InChI is InChI=1S/C14H23ClN2O3S/c1-3-6-16-11-14(9-13(16)10-15)21(18,19)17(7-8-20-2)12-4-5-12/h9,11-12H,3-8,10H2,1-2H3. The van der Waals surface area contributed by atoms with Crippen LogP contribution in [0, 0.1) is 0 Å². The molecular weight excluding hydrogens is 312 g/mol. The van der Waals surface area contributed by atoms with Crippen LogP contribution in [0.15, 0.2) is 17.2 Å². The molecule has 0 spiro atoms. The number of aromatic nitrogens is 1. The van der Waals surface area contributed by atoms with Crippen LogP contribution in [0.5, 0.6) is 0 Å². The number of aryl methyl sites for hydroxylation is 1. The van der Waals surface area contributed by atoms with Crippen molar-refractivity contribution in [3.8, 4) is 0 Å². The van der Waals surface area contributed by atoms with Crippen LogP contribution in [0.3, 0.4) is 0 Å². The summed E-state index contributed by atoms with van der Waals surface area (Å²) in [7, 11) is -1.88. The summed E-state index contributed by atoms with van der Waals surface area (Å²) >= 11 is 5.92. The number of hydrogen-bond acceptors (Lipinski definition) is 3. The first kappa shape index (κ1) is 16.8. The lowest BCUT2D eigenvalue weighted by Gasteiger charge is -2.20. The van der Waals surface area contributed by atoms with E-state index in [1.165, 1.54) is 0 Å². The van der Waals surface area contributed by atoms with Crippen molar-refractivity contribution in [2.24, 2.45) is 0 Å². The van der Waals surface area contributed by atoms with Crippen LogP contribution in [-0.4, -0.2) is 43.6 Å². The highest BCUT2D eigenvalue weighted by Gasteiger charge is 2.38. The Hall–Kier alpha value is -0.560. The second kappa shape index (κ2) is 7.13. The fourth-order valence-corrected chi connectivity index (χ4v) is 4.37. The molecule has 0 atom stereocenters. The molecule has 1 aliphatic rings. The van der Waals surface area contributed by atoms with Crippen molar-refractivity contribution < 1.29 is 13.2 Å². The van der Waals surface area contributed by atoms with Gasteiger partial charge in [0, 0.05) is 38.1 Å². The summed E-state index contributed by atoms with van der Waals surface area (Å²) in [6.07, 6.45) is 4.51. The summed E-state index contributed by atoms with van der Waals surface area (Å²) in [5.41, 5.74) is 0.847. The van der Waals surface area contributed by atoms with E-state index in [0.717, 1.165) is 31.5 Å². The minimum atomic E-state index is -3.47. The van der Waals surface area contributed by atoms with Crippen molar-refractivity contribution >= 4 is 21.6 Å². The minimum absolute atomic E-state index is 0.124. The molecule has 0 aromatic carbocycles. The molecule has 0 unspecified atom stereocenters. The molecule has 0 amide bonds. The average Bonchev–Trinajstić information content (AvgIpc) is 3.19. The molecule has 120 valence electrons. The van der Waals surface area contributed by atoms with Crippen LogP contribution >= 0.6 is 11.6 Å². The first-order valence-electron chi connectivity index (χ1n) is 7.30. The Kier molecular flexibility index (Phi) is 5.71. The van der Waals surface area contributed by atoms with Gasteiger partial charge in [-0.15, -0.1) is 11.6 Å². The predicted octanol–water partition coefficient (Wildman–Crippen LogP) is 2.44. The zero-order valence-electron chi connectivity index (χ0n) is 12.6. The van der Waals surface area contributed by atoms with Gasteiger partial charge in [0.2, 0.25) is 10.0 Å². The molecule has 5 nitrogen and oxygen atoms in total. The number of sulfonamides is 1. The summed E-state index contributed by atoms with van der Waals surface area (Å²) < 4.78 is 34.2. The Morgan fingerprint density at radius 1 is 1.48 bits per heavy atom. The lowest BCUT2D eigenvalue weighted by Crippen LogP contribution is -2.35. The first-order chi connectivity index (χ1) is 10.0. The van der Waals surface area contributed by atoms with Gasteiger partial charge in [-0.3, -0.25) is 0 Å². The molecule has 1 heterocycles. The maximum absolute atomic E-state index is 12.8. The molecule has 1 aromatic rings. The van der Waals surface area contributed by atoms with Crippen LogP contribution in [0.4, 0.5) is 0 Å². The van der Waals surface area contributed by atoms with Crippen molar-refractivity contribution in [2.45, 2.75) is 49.5 Å². The monoisotopic (exact) mass is 334 g/mol. The fourth-order valence-electron chi connectivity index (χ4n) is 2.40. The molecule has 0 radical (unpaired) electrons. The quantitative estimate of drug-likeness (QED) is 0.652. The summed E-state index contributed by atoms with van der Waals surface area (Å²) in [6.45, 7) is 3.65. The van der Waals surface area contributed by atoms with Crippen LogP contribution in [0.2, 0.25) is 0 Å². The van der Waals surface area contributed by atoms with Crippen molar-refractivity contribution in [2.75, 3.05) is 20.3 Å². The van der Waals surface area contributed by atoms with E-state index >= 15 is 0 Å². The number of nitrogens with zero attached hydrogens (tertiary/aromatic N) is 2. The number of halogens is 1. The zero-order chi connectivity index (χ0) is 15.5. The van der Waals surface area contributed by atoms with Gasteiger partial charge >= 0.3 is 0 Å². The molecule has 0 bridgehead atoms. The average molecular weight is 335 g/mol. The number of hydrogen-bond donors (Lipinski definition) is 0. The number of methoxy groups -OCH3 is 1. The third-order valence-electron chi connectivity index (χ3n) is 3.64. The van der Waals surface area contributed by atoms with Gasteiger partial charge in [-0.1, -0.05) is 6.92 Å². The number of rotatable bonds is 9. The molecule has 2 rings (SSSR count). The van der Waals surface area contributed by atoms with Crippen LogP contribution < -0.4 is 0 Å². The number of ether oxygens (including phenoxy) is 1. The third-order valence-corrected chi connectivity index (χ3v) is 5.83. The van der Waals surface area contributed by atoms with Gasteiger partial charge < -0.3 is 9.30 Å². The number of alkyl halides is 1. The van der Waals surface area contributed by atoms with Crippen LogP contribution in [0.25, 0.3) is 0 Å². The molecule has 0 aliphatic heterocycles. The van der Waals surface area contributed by atoms with Crippen LogP contribution in [-0.2, 0) is 27.2 Å². The van der Waals surface area contributed by atoms with E-state index in [4.69, 9.17) is 16.3 Å². The molecule has 0 N–H and O–H groups in total. The first-order valence-corrected chi connectivity index (χ1v) is 9.27. The summed E-state index contributed by atoms with van der Waals surface area (Å²) in [4.78, 5) is 0.342. The van der Waals surface area contributed by atoms with Crippen LogP contribution in [0.1, 0.15) is 31.9 Å². The van der Waals surface area contributed by atoms with Gasteiger partial charge in [-0.2, -0.15) is 4.31 Å². The Morgan fingerprint density at radius 2 is 2.19 bits per heavy atom. The molecule has 0 saturated heterocycles. The highest BCUT2D eigenvalue weighted by Crippen LogP contribution is 2.32. The maximum Gasteiger partial charge on any atom is 0.244 e. The summed E-state index contributed by atoms with van der Waals surface area (Å²) in [6, 6.07) is 1.82. The highest BCUT2D eigenvalue weighted by atomic mass is 35.5. The largest absolute Gasteiger partial charge is 0.383 e. The van der Waals surface area contributed by atoms with Gasteiger partial charge in [-0.25, -0.2) is 8.42 Å². The highest BCUT2D eigenvalue weighted by molar-refractivity contribution is 7.89. The van der Waals surface area contributed by atoms with Crippen molar-refractivity contribution in [3.05, 3.63) is 18.0 Å². The Balaban J connectivity index is 2.28. The van der Waals surface area contributed by atoms with Crippen molar-refractivity contribution in [1.82, 2.24) is 8.87 Å². The molecule has 21 heavy (non-hydrogen) atoms. The Labute approximate surface area is 131 Å². The molecular formula is C14H23ClN2O3S. The summed E-state index contributed by atoms with van der Waals surface area (Å²) in [5, 5.41) is 0. The van der Waals surface area contributed by atoms with Gasteiger partial charge in [0.15, 0.2) is 0 Å². The second-order valence-electron chi connectivity index (χ2n) is 5.33. The van der Waals surface area contributed by atoms with E-state index in [0.29, 0.717) is 23.9 Å².